The Hall–Kier alpha value is -2.39. The minimum Gasteiger partial charge on any atom is -0.280 e. The van der Waals surface area contributed by atoms with Crippen molar-refractivity contribution in [3.63, 3.8) is 0 Å². The van der Waals surface area contributed by atoms with Gasteiger partial charge in [-0.05, 0) is 59.3 Å². The maximum atomic E-state index is 12.8. The third-order valence-electron chi connectivity index (χ3n) is 4.68. The molecular formula is C23H14Cl2F3NO2S2. The molecule has 0 amide bonds. The van der Waals surface area contributed by atoms with E-state index in [2.05, 4.69) is 4.72 Å². The Morgan fingerprint density at radius 1 is 0.788 bits per heavy atom. The highest BCUT2D eigenvalue weighted by Gasteiger charge is 2.32. The van der Waals surface area contributed by atoms with Crippen molar-refractivity contribution in [2.24, 2.45) is 0 Å². The van der Waals surface area contributed by atoms with Crippen molar-refractivity contribution in [1.29, 1.82) is 0 Å². The first-order valence-corrected chi connectivity index (χ1v) is 12.4. The molecule has 0 atom stereocenters. The highest BCUT2D eigenvalue weighted by Crippen LogP contribution is 2.37. The van der Waals surface area contributed by atoms with E-state index in [9.17, 15) is 21.6 Å². The van der Waals surface area contributed by atoms with Crippen molar-refractivity contribution in [3.05, 3.63) is 94.5 Å². The number of anilines is 1. The van der Waals surface area contributed by atoms with Crippen LogP contribution < -0.4 is 4.72 Å². The van der Waals surface area contributed by atoms with Crippen molar-refractivity contribution in [3.8, 4) is 0 Å². The van der Waals surface area contributed by atoms with E-state index in [1.807, 2.05) is 42.5 Å². The van der Waals surface area contributed by atoms with Crippen molar-refractivity contribution in [2.75, 3.05) is 4.72 Å². The molecule has 170 valence electrons. The second-order valence-corrected chi connectivity index (χ2v) is 10.6. The van der Waals surface area contributed by atoms with E-state index >= 15 is 0 Å². The molecule has 0 heterocycles. The fourth-order valence-corrected chi connectivity index (χ4v) is 5.87. The van der Waals surface area contributed by atoms with Crippen LogP contribution in [0.1, 0.15) is 5.56 Å². The molecule has 33 heavy (non-hydrogen) atoms. The molecule has 0 saturated heterocycles. The van der Waals surface area contributed by atoms with Crippen LogP contribution in [0.2, 0.25) is 10.0 Å². The van der Waals surface area contributed by atoms with Crippen molar-refractivity contribution in [2.45, 2.75) is 20.9 Å². The molecule has 0 spiro atoms. The largest absolute Gasteiger partial charge is 0.416 e. The van der Waals surface area contributed by atoms with Gasteiger partial charge in [-0.15, -0.1) is 0 Å². The van der Waals surface area contributed by atoms with Crippen LogP contribution in [0.25, 0.3) is 10.8 Å². The van der Waals surface area contributed by atoms with Gasteiger partial charge in [-0.2, -0.15) is 13.2 Å². The number of hydrogen-bond acceptors (Lipinski definition) is 3. The van der Waals surface area contributed by atoms with Crippen LogP contribution in [-0.2, 0) is 16.2 Å². The van der Waals surface area contributed by atoms with Crippen LogP contribution in [-0.4, -0.2) is 8.42 Å². The Morgan fingerprint density at radius 2 is 1.52 bits per heavy atom. The summed E-state index contributed by atoms with van der Waals surface area (Å²) in [4.78, 5) is 1.20. The summed E-state index contributed by atoms with van der Waals surface area (Å²) in [6.45, 7) is 0. The first-order chi connectivity index (χ1) is 15.5. The second-order valence-electron chi connectivity index (χ2n) is 7.00. The molecule has 0 aromatic heterocycles. The molecule has 0 aliphatic rings. The predicted molar refractivity (Wildman–Crippen MR) is 127 cm³/mol. The Labute approximate surface area is 202 Å². The van der Waals surface area contributed by atoms with Crippen LogP contribution in [0.4, 0.5) is 18.9 Å². The Bertz CT molecular complexity index is 1460. The first-order valence-electron chi connectivity index (χ1n) is 9.39. The number of halogens is 5. The van der Waals surface area contributed by atoms with Gasteiger partial charge in [-0.25, -0.2) is 8.42 Å². The molecule has 0 aliphatic heterocycles. The van der Waals surface area contributed by atoms with Gasteiger partial charge in [-0.3, -0.25) is 4.72 Å². The fraction of sp³-hybridized carbons (Fsp3) is 0.0435. The average molecular weight is 528 g/mol. The summed E-state index contributed by atoms with van der Waals surface area (Å²) >= 11 is 13.6. The third kappa shape index (κ3) is 5.41. The Morgan fingerprint density at radius 3 is 2.18 bits per heavy atom. The summed E-state index contributed by atoms with van der Waals surface area (Å²) in [7, 11) is -4.23. The fourth-order valence-electron chi connectivity index (χ4n) is 3.11. The highest BCUT2D eigenvalue weighted by molar-refractivity contribution is 7.99. The SMILES string of the molecule is O=S(=O)(Nc1ccc(Sc2ccc3ccccc3c2)c(Cl)c1)c1ccc(C(F)(F)F)cc1Cl. The van der Waals surface area contributed by atoms with E-state index in [0.29, 0.717) is 22.1 Å². The lowest BCUT2D eigenvalue weighted by molar-refractivity contribution is -0.137. The van der Waals surface area contributed by atoms with E-state index < -0.39 is 31.7 Å². The summed E-state index contributed by atoms with van der Waals surface area (Å²) in [5.74, 6) is 0. The number of benzene rings is 4. The number of fused-ring (bicyclic) bond motifs is 1. The minimum atomic E-state index is -4.63. The molecule has 4 aromatic rings. The molecule has 0 saturated carbocycles. The molecule has 3 nitrogen and oxygen atoms in total. The summed E-state index contributed by atoms with van der Waals surface area (Å²) in [5, 5.41) is 1.97. The van der Waals surface area contributed by atoms with Crippen molar-refractivity contribution in [1.82, 2.24) is 0 Å². The van der Waals surface area contributed by atoms with Gasteiger partial charge in [0.1, 0.15) is 4.90 Å². The smallest absolute Gasteiger partial charge is 0.280 e. The standard InChI is InChI=1S/C23H14Cl2F3NO2S2/c24-19-13-17(29-33(30,31)22-10-6-16(12-20(22)25)23(26,27)28)7-9-21(19)32-18-8-5-14-3-1-2-4-15(14)11-18/h1-13,29H. The van der Waals surface area contributed by atoms with Gasteiger partial charge in [0.15, 0.2) is 0 Å². The Kier molecular flexibility index (Phi) is 6.55. The summed E-state index contributed by atoms with van der Waals surface area (Å²) in [6.07, 6.45) is -4.63. The highest BCUT2D eigenvalue weighted by atomic mass is 35.5. The summed E-state index contributed by atoms with van der Waals surface area (Å²) in [6, 6.07) is 20.6. The molecule has 4 aromatic carbocycles. The number of sulfonamides is 1. The maximum Gasteiger partial charge on any atom is 0.416 e. The number of hydrogen-bond donors (Lipinski definition) is 1. The quantitative estimate of drug-likeness (QED) is 0.285. The van der Waals surface area contributed by atoms with E-state index in [0.717, 1.165) is 21.7 Å². The van der Waals surface area contributed by atoms with E-state index in [1.165, 1.54) is 23.9 Å². The lowest BCUT2D eigenvalue weighted by atomic mass is 10.1. The minimum absolute atomic E-state index is 0.152. The zero-order valence-corrected chi connectivity index (χ0v) is 19.7. The lowest BCUT2D eigenvalue weighted by Gasteiger charge is -2.13. The lowest BCUT2D eigenvalue weighted by Crippen LogP contribution is -2.14. The summed E-state index contributed by atoms with van der Waals surface area (Å²) in [5.41, 5.74) is -0.886. The van der Waals surface area contributed by atoms with E-state index in [-0.39, 0.29) is 5.69 Å². The second kappa shape index (κ2) is 9.10. The van der Waals surface area contributed by atoms with Gasteiger partial charge in [0, 0.05) is 9.79 Å². The van der Waals surface area contributed by atoms with Crippen LogP contribution in [0.5, 0.6) is 0 Å². The first kappa shape index (κ1) is 23.8. The van der Waals surface area contributed by atoms with E-state index in [4.69, 9.17) is 23.2 Å². The van der Waals surface area contributed by atoms with Gasteiger partial charge in [0.05, 0.1) is 21.3 Å². The normalized spacial score (nSPS) is 12.2. The van der Waals surface area contributed by atoms with Crippen molar-refractivity contribution >= 4 is 61.4 Å². The van der Waals surface area contributed by atoms with Crippen LogP contribution in [0.3, 0.4) is 0 Å². The monoisotopic (exact) mass is 527 g/mol. The van der Waals surface area contributed by atoms with Crippen LogP contribution in [0.15, 0.2) is 93.5 Å². The van der Waals surface area contributed by atoms with E-state index in [1.54, 1.807) is 6.07 Å². The molecular weight excluding hydrogens is 514 g/mol. The molecule has 10 heteroatoms. The molecule has 0 radical (unpaired) electrons. The molecule has 0 bridgehead atoms. The van der Waals surface area contributed by atoms with Crippen molar-refractivity contribution < 1.29 is 21.6 Å². The van der Waals surface area contributed by atoms with Gasteiger partial charge < -0.3 is 0 Å². The average Bonchev–Trinajstić information content (AvgIpc) is 2.74. The zero-order valence-electron chi connectivity index (χ0n) is 16.5. The topological polar surface area (TPSA) is 46.2 Å². The number of alkyl halides is 3. The summed E-state index contributed by atoms with van der Waals surface area (Å²) < 4.78 is 66.1. The molecule has 0 fully saturated rings. The van der Waals surface area contributed by atoms with Gasteiger partial charge >= 0.3 is 6.18 Å². The number of rotatable bonds is 5. The van der Waals surface area contributed by atoms with Gasteiger partial charge in [0.25, 0.3) is 10.0 Å². The number of nitrogens with one attached hydrogen (secondary N) is 1. The van der Waals surface area contributed by atoms with Crippen LogP contribution in [0, 0.1) is 0 Å². The van der Waals surface area contributed by atoms with Gasteiger partial charge in [-0.1, -0.05) is 65.3 Å². The maximum absolute atomic E-state index is 12.8. The Balaban J connectivity index is 1.55. The predicted octanol–water partition coefficient (Wildman–Crippen LogP) is 8.12. The van der Waals surface area contributed by atoms with Crippen LogP contribution >= 0.6 is 35.0 Å². The zero-order chi connectivity index (χ0) is 23.8. The molecule has 1 N–H and O–H groups in total. The van der Waals surface area contributed by atoms with Gasteiger partial charge in [0.2, 0.25) is 0 Å². The molecule has 0 aliphatic carbocycles. The molecule has 4 rings (SSSR count). The molecule has 0 unspecified atom stereocenters. The third-order valence-corrected chi connectivity index (χ3v) is 8.04.